The second-order valence-electron chi connectivity index (χ2n) is 3.64. The highest BCUT2D eigenvalue weighted by molar-refractivity contribution is 6.31. The third kappa shape index (κ3) is 2.67. The number of nitro benzene ring substituents is 1. The summed E-state index contributed by atoms with van der Waals surface area (Å²) in [4.78, 5) is 22.0. The van der Waals surface area contributed by atoms with Crippen LogP contribution < -0.4 is 4.90 Å². The number of carbonyl (C=O) groups is 1. The minimum Gasteiger partial charge on any atom is -0.480 e. The lowest BCUT2D eigenvalue weighted by Gasteiger charge is -2.23. The second kappa shape index (κ2) is 5.18. The Morgan fingerprint density at radius 1 is 1.61 bits per heavy atom. The van der Waals surface area contributed by atoms with Crippen molar-refractivity contribution in [1.29, 1.82) is 0 Å². The van der Waals surface area contributed by atoms with Crippen molar-refractivity contribution in [3.63, 3.8) is 0 Å². The zero-order chi connectivity index (χ0) is 14.0. The third-order valence-electron chi connectivity index (χ3n) is 2.53. The standard InChI is InChI=1S/C10H10ClFN2O4/c1-5(10(15)16)13(2)8-4-7(12)6(11)3-9(8)14(17)18/h3-5H,1-2H3,(H,15,16). The average Bonchev–Trinajstić information content (AvgIpc) is 2.29. The molecule has 0 aliphatic carbocycles. The summed E-state index contributed by atoms with van der Waals surface area (Å²) in [6.07, 6.45) is 0. The van der Waals surface area contributed by atoms with Gasteiger partial charge in [0.05, 0.1) is 9.95 Å². The SMILES string of the molecule is CC(C(=O)O)N(C)c1cc(F)c(Cl)cc1[N+](=O)[O-]. The Bertz CT molecular complexity index is 509. The van der Waals surface area contributed by atoms with Gasteiger partial charge in [-0.3, -0.25) is 10.1 Å². The van der Waals surface area contributed by atoms with Gasteiger partial charge in [0.1, 0.15) is 17.5 Å². The van der Waals surface area contributed by atoms with Gasteiger partial charge in [-0.15, -0.1) is 0 Å². The first-order chi connectivity index (χ1) is 8.25. The summed E-state index contributed by atoms with van der Waals surface area (Å²) < 4.78 is 13.3. The van der Waals surface area contributed by atoms with E-state index in [1.165, 1.54) is 14.0 Å². The van der Waals surface area contributed by atoms with Crippen molar-refractivity contribution in [1.82, 2.24) is 0 Å². The van der Waals surface area contributed by atoms with Crippen LogP contribution in [0.15, 0.2) is 12.1 Å². The van der Waals surface area contributed by atoms with E-state index in [4.69, 9.17) is 16.7 Å². The summed E-state index contributed by atoms with van der Waals surface area (Å²) in [6, 6.07) is 0.668. The van der Waals surface area contributed by atoms with Gasteiger partial charge >= 0.3 is 5.97 Å². The van der Waals surface area contributed by atoms with E-state index in [1.807, 2.05) is 0 Å². The zero-order valence-corrected chi connectivity index (χ0v) is 10.3. The molecule has 98 valence electrons. The molecule has 18 heavy (non-hydrogen) atoms. The summed E-state index contributed by atoms with van der Waals surface area (Å²) in [6.45, 7) is 1.33. The van der Waals surface area contributed by atoms with Crippen LogP contribution in [0.3, 0.4) is 0 Å². The predicted octanol–water partition coefficient (Wildman–Crippen LogP) is 2.30. The maximum absolute atomic E-state index is 13.3. The molecule has 1 aromatic rings. The molecule has 0 spiro atoms. The first-order valence-corrected chi connectivity index (χ1v) is 5.22. The Kier molecular flexibility index (Phi) is 4.07. The van der Waals surface area contributed by atoms with Crippen LogP contribution >= 0.6 is 11.6 Å². The Morgan fingerprint density at radius 2 is 2.17 bits per heavy atom. The number of carboxylic acids is 1. The van der Waals surface area contributed by atoms with Crippen LogP contribution in [0.1, 0.15) is 6.92 Å². The van der Waals surface area contributed by atoms with Crippen molar-refractivity contribution < 1.29 is 19.2 Å². The topological polar surface area (TPSA) is 83.7 Å². The number of nitrogens with zero attached hydrogens (tertiary/aromatic N) is 2. The highest BCUT2D eigenvalue weighted by Gasteiger charge is 2.26. The van der Waals surface area contributed by atoms with Crippen LogP contribution in [-0.2, 0) is 4.79 Å². The van der Waals surface area contributed by atoms with Gasteiger partial charge in [0.15, 0.2) is 0 Å². The summed E-state index contributed by atoms with van der Waals surface area (Å²) in [5, 5.41) is 19.3. The normalized spacial score (nSPS) is 12.0. The molecule has 0 saturated carbocycles. The molecule has 0 saturated heterocycles. The van der Waals surface area contributed by atoms with Crippen LogP contribution in [0.2, 0.25) is 5.02 Å². The van der Waals surface area contributed by atoms with Crippen molar-refractivity contribution in [2.45, 2.75) is 13.0 Å². The van der Waals surface area contributed by atoms with Crippen LogP contribution in [0.4, 0.5) is 15.8 Å². The monoisotopic (exact) mass is 276 g/mol. The molecule has 0 fully saturated rings. The van der Waals surface area contributed by atoms with E-state index in [9.17, 15) is 19.3 Å². The Labute approximate surface area is 107 Å². The van der Waals surface area contributed by atoms with Crippen molar-refractivity contribution in [2.75, 3.05) is 11.9 Å². The van der Waals surface area contributed by atoms with Gasteiger partial charge in [-0.1, -0.05) is 11.6 Å². The molecule has 0 aromatic heterocycles. The summed E-state index contributed by atoms with van der Waals surface area (Å²) >= 11 is 5.46. The highest BCUT2D eigenvalue weighted by atomic mass is 35.5. The van der Waals surface area contributed by atoms with Crippen LogP contribution in [0.25, 0.3) is 0 Å². The van der Waals surface area contributed by atoms with E-state index in [1.54, 1.807) is 0 Å². The zero-order valence-electron chi connectivity index (χ0n) is 9.55. The van der Waals surface area contributed by atoms with Gasteiger partial charge in [-0.05, 0) is 6.92 Å². The van der Waals surface area contributed by atoms with Crippen molar-refractivity contribution >= 4 is 28.9 Å². The number of benzene rings is 1. The molecule has 6 nitrogen and oxygen atoms in total. The predicted molar refractivity (Wildman–Crippen MR) is 63.6 cm³/mol. The summed E-state index contributed by atoms with van der Waals surface area (Å²) in [5.74, 6) is -2.02. The van der Waals surface area contributed by atoms with Gasteiger partial charge in [-0.25, -0.2) is 9.18 Å². The fourth-order valence-electron chi connectivity index (χ4n) is 1.33. The van der Waals surface area contributed by atoms with Crippen molar-refractivity contribution in [3.05, 3.63) is 33.1 Å². The minimum atomic E-state index is -1.18. The van der Waals surface area contributed by atoms with Crippen LogP contribution in [0.5, 0.6) is 0 Å². The number of halogens is 2. The second-order valence-corrected chi connectivity index (χ2v) is 4.04. The molecule has 1 unspecified atom stereocenters. The fourth-order valence-corrected chi connectivity index (χ4v) is 1.49. The van der Waals surface area contributed by atoms with Crippen molar-refractivity contribution in [2.24, 2.45) is 0 Å². The lowest BCUT2D eigenvalue weighted by molar-refractivity contribution is -0.384. The molecule has 1 rings (SSSR count). The fraction of sp³-hybridized carbons (Fsp3) is 0.300. The lowest BCUT2D eigenvalue weighted by Crippen LogP contribution is -2.36. The molecule has 0 radical (unpaired) electrons. The molecule has 1 atom stereocenters. The third-order valence-corrected chi connectivity index (χ3v) is 2.82. The summed E-state index contributed by atoms with van der Waals surface area (Å²) in [5.41, 5.74) is -0.589. The Hall–Kier alpha value is -1.89. The number of rotatable bonds is 4. The number of likely N-dealkylation sites (N-methyl/N-ethyl adjacent to an activating group) is 1. The van der Waals surface area contributed by atoms with Gasteiger partial charge < -0.3 is 10.0 Å². The van der Waals surface area contributed by atoms with Gasteiger partial charge in [0.2, 0.25) is 0 Å². The molecule has 0 bridgehead atoms. The van der Waals surface area contributed by atoms with E-state index >= 15 is 0 Å². The Balaban J connectivity index is 3.34. The first-order valence-electron chi connectivity index (χ1n) is 4.84. The average molecular weight is 277 g/mol. The lowest BCUT2D eigenvalue weighted by atomic mass is 10.2. The van der Waals surface area contributed by atoms with Gasteiger partial charge in [-0.2, -0.15) is 0 Å². The molecule has 1 N–H and O–H groups in total. The van der Waals surface area contributed by atoms with Crippen LogP contribution in [-0.4, -0.2) is 29.1 Å². The van der Waals surface area contributed by atoms with E-state index < -0.39 is 28.4 Å². The van der Waals surface area contributed by atoms with Crippen LogP contribution in [0, 0.1) is 15.9 Å². The van der Waals surface area contributed by atoms with Gasteiger partial charge in [0, 0.05) is 19.2 Å². The molecule has 0 heterocycles. The van der Waals surface area contributed by atoms with E-state index in [2.05, 4.69) is 0 Å². The molecule has 0 aliphatic rings. The molecule has 0 amide bonds. The van der Waals surface area contributed by atoms with Crippen molar-refractivity contribution in [3.8, 4) is 0 Å². The number of anilines is 1. The highest BCUT2D eigenvalue weighted by Crippen LogP contribution is 2.33. The van der Waals surface area contributed by atoms with E-state index in [-0.39, 0.29) is 10.7 Å². The van der Waals surface area contributed by atoms with Gasteiger partial charge in [0.25, 0.3) is 5.69 Å². The largest absolute Gasteiger partial charge is 0.480 e. The summed E-state index contributed by atoms with van der Waals surface area (Å²) in [7, 11) is 1.33. The van der Waals surface area contributed by atoms with E-state index in [0.717, 1.165) is 17.0 Å². The molecule has 0 aliphatic heterocycles. The smallest absolute Gasteiger partial charge is 0.326 e. The Morgan fingerprint density at radius 3 is 2.61 bits per heavy atom. The number of nitro groups is 1. The molecular weight excluding hydrogens is 267 g/mol. The quantitative estimate of drug-likeness (QED) is 0.674. The maximum Gasteiger partial charge on any atom is 0.326 e. The number of aliphatic carboxylic acids is 1. The number of carboxylic acid groups (broad SMARTS) is 1. The molecule has 1 aromatic carbocycles. The maximum atomic E-state index is 13.3. The van der Waals surface area contributed by atoms with E-state index in [0.29, 0.717) is 0 Å². The molecule has 8 heteroatoms. The molecular formula is C10H10ClFN2O4. The number of hydrogen-bond acceptors (Lipinski definition) is 4. The first kappa shape index (κ1) is 14.2. The number of hydrogen-bond donors (Lipinski definition) is 1. The minimum absolute atomic E-state index is 0.142.